The minimum atomic E-state index is 0.357. The smallest absolute Gasteiger partial charge is 0.131 e. The number of halogens is 4. The molecule has 3 rings (SSSR count). The maximum Gasteiger partial charge on any atom is 0.131 e. The first kappa shape index (κ1) is 16.4. The Morgan fingerprint density at radius 1 is 0.739 bits per heavy atom. The standard InChI is InChI=1S/C17H10Cl4N2/c18-13-5-1-3-10(15(13)20)9-7-12(17(22)23-8-9)11-4-2-6-14(19)16(11)21/h1-8H,(H2,22,23). The van der Waals surface area contributed by atoms with E-state index in [1.165, 1.54) is 0 Å². The van der Waals surface area contributed by atoms with Crippen molar-refractivity contribution >= 4 is 52.2 Å². The molecule has 0 aliphatic carbocycles. The average Bonchev–Trinajstić information content (AvgIpc) is 2.54. The number of rotatable bonds is 2. The van der Waals surface area contributed by atoms with Crippen LogP contribution >= 0.6 is 46.4 Å². The largest absolute Gasteiger partial charge is 0.383 e. The molecule has 0 saturated heterocycles. The third-order valence-corrected chi connectivity index (χ3v) is 5.06. The SMILES string of the molecule is Nc1ncc(-c2cccc(Cl)c2Cl)cc1-c1cccc(Cl)c1Cl. The molecule has 6 heteroatoms. The molecule has 0 bridgehead atoms. The van der Waals surface area contributed by atoms with Crippen molar-refractivity contribution in [1.29, 1.82) is 0 Å². The number of pyridine rings is 1. The molecule has 0 unspecified atom stereocenters. The summed E-state index contributed by atoms with van der Waals surface area (Å²) in [7, 11) is 0. The monoisotopic (exact) mass is 382 g/mol. The molecule has 0 spiro atoms. The van der Waals surface area contributed by atoms with Crippen molar-refractivity contribution in [3.05, 3.63) is 68.8 Å². The molecule has 2 aromatic carbocycles. The van der Waals surface area contributed by atoms with Gasteiger partial charge in [-0.15, -0.1) is 0 Å². The minimum Gasteiger partial charge on any atom is -0.383 e. The molecule has 0 fully saturated rings. The van der Waals surface area contributed by atoms with Crippen LogP contribution in [-0.2, 0) is 0 Å². The number of anilines is 1. The number of benzene rings is 2. The Morgan fingerprint density at radius 2 is 1.30 bits per heavy atom. The van der Waals surface area contributed by atoms with Gasteiger partial charge in [-0.25, -0.2) is 4.98 Å². The molecule has 116 valence electrons. The molecular formula is C17H10Cl4N2. The fraction of sp³-hybridized carbons (Fsp3) is 0. The zero-order chi connectivity index (χ0) is 16.6. The maximum atomic E-state index is 6.29. The second kappa shape index (κ2) is 6.58. The first-order valence-electron chi connectivity index (χ1n) is 6.63. The number of nitrogen functional groups attached to an aromatic ring is 1. The molecule has 1 aromatic heterocycles. The van der Waals surface area contributed by atoms with E-state index in [-0.39, 0.29) is 0 Å². The third kappa shape index (κ3) is 3.13. The Bertz CT molecular complexity index is 894. The van der Waals surface area contributed by atoms with Crippen molar-refractivity contribution in [2.75, 3.05) is 5.73 Å². The van der Waals surface area contributed by atoms with E-state index in [4.69, 9.17) is 52.1 Å². The summed E-state index contributed by atoms with van der Waals surface area (Å²) in [5.74, 6) is 0.357. The lowest BCUT2D eigenvalue weighted by atomic mass is 10.0. The summed E-state index contributed by atoms with van der Waals surface area (Å²) in [4.78, 5) is 4.25. The fourth-order valence-electron chi connectivity index (χ4n) is 2.28. The van der Waals surface area contributed by atoms with Gasteiger partial charge >= 0.3 is 0 Å². The predicted octanol–water partition coefficient (Wildman–Crippen LogP) is 6.61. The van der Waals surface area contributed by atoms with Gasteiger partial charge < -0.3 is 5.73 Å². The summed E-state index contributed by atoms with van der Waals surface area (Å²) < 4.78 is 0. The highest BCUT2D eigenvalue weighted by atomic mass is 35.5. The van der Waals surface area contributed by atoms with E-state index >= 15 is 0 Å². The molecule has 23 heavy (non-hydrogen) atoms. The predicted molar refractivity (Wildman–Crippen MR) is 99.6 cm³/mol. The lowest BCUT2D eigenvalue weighted by Crippen LogP contribution is -1.96. The Labute approximate surface area is 153 Å². The Kier molecular flexibility index (Phi) is 4.69. The number of aromatic nitrogens is 1. The van der Waals surface area contributed by atoms with Gasteiger partial charge in [0.05, 0.1) is 20.1 Å². The normalized spacial score (nSPS) is 10.8. The van der Waals surface area contributed by atoms with Crippen LogP contribution in [0.1, 0.15) is 0 Å². The lowest BCUT2D eigenvalue weighted by Gasteiger charge is -2.12. The van der Waals surface area contributed by atoms with Crippen LogP contribution in [-0.4, -0.2) is 4.98 Å². The van der Waals surface area contributed by atoms with E-state index in [0.717, 1.165) is 11.1 Å². The summed E-state index contributed by atoms with van der Waals surface area (Å²) in [6.45, 7) is 0. The second-order valence-corrected chi connectivity index (χ2v) is 6.43. The van der Waals surface area contributed by atoms with Gasteiger partial charge in [-0.1, -0.05) is 70.7 Å². The minimum absolute atomic E-state index is 0.357. The molecule has 3 aromatic rings. The molecule has 0 aliphatic heterocycles. The van der Waals surface area contributed by atoms with Crippen LogP contribution in [0.25, 0.3) is 22.3 Å². The molecule has 2 nitrogen and oxygen atoms in total. The molecule has 1 heterocycles. The highest BCUT2D eigenvalue weighted by molar-refractivity contribution is 6.44. The van der Waals surface area contributed by atoms with Crippen LogP contribution < -0.4 is 5.73 Å². The summed E-state index contributed by atoms with van der Waals surface area (Å²) in [6.07, 6.45) is 1.65. The van der Waals surface area contributed by atoms with E-state index in [0.29, 0.717) is 37.0 Å². The van der Waals surface area contributed by atoms with Gasteiger partial charge in [0.1, 0.15) is 5.82 Å². The molecule has 2 N–H and O–H groups in total. The van der Waals surface area contributed by atoms with E-state index in [9.17, 15) is 0 Å². The number of nitrogens with zero attached hydrogens (tertiary/aromatic N) is 1. The van der Waals surface area contributed by atoms with E-state index < -0.39 is 0 Å². The number of nitrogens with two attached hydrogens (primary N) is 1. The van der Waals surface area contributed by atoms with E-state index in [2.05, 4.69) is 4.98 Å². The van der Waals surface area contributed by atoms with Crippen molar-refractivity contribution in [3.63, 3.8) is 0 Å². The van der Waals surface area contributed by atoms with Crippen molar-refractivity contribution in [3.8, 4) is 22.3 Å². The quantitative estimate of drug-likeness (QED) is 0.540. The zero-order valence-electron chi connectivity index (χ0n) is 11.7. The first-order valence-corrected chi connectivity index (χ1v) is 8.14. The Hall–Kier alpha value is -1.45. The molecule has 0 atom stereocenters. The van der Waals surface area contributed by atoms with Crippen LogP contribution in [0.5, 0.6) is 0 Å². The van der Waals surface area contributed by atoms with Gasteiger partial charge in [0.25, 0.3) is 0 Å². The topological polar surface area (TPSA) is 38.9 Å². The lowest BCUT2D eigenvalue weighted by molar-refractivity contribution is 1.33. The number of hydrogen-bond acceptors (Lipinski definition) is 2. The molecule has 0 radical (unpaired) electrons. The number of hydrogen-bond donors (Lipinski definition) is 1. The van der Waals surface area contributed by atoms with Crippen LogP contribution in [0.2, 0.25) is 20.1 Å². The van der Waals surface area contributed by atoms with Crippen LogP contribution in [0.3, 0.4) is 0 Å². The highest BCUT2D eigenvalue weighted by Crippen LogP contribution is 2.39. The second-order valence-electron chi connectivity index (χ2n) is 4.86. The Balaban J connectivity index is 2.21. The maximum absolute atomic E-state index is 6.29. The van der Waals surface area contributed by atoms with Gasteiger partial charge in [-0.3, -0.25) is 0 Å². The summed E-state index contributed by atoms with van der Waals surface area (Å²) in [6, 6.07) is 12.7. The molecular weight excluding hydrogens is 374 g/mol. The highest BCUT2D eigenvalue weighted by Gasteiger charge is 2.14. The summed E-state index contributed by atoms with van der Waals surface area (Å²) in [5, 5.41) is 1.82. The zero-order valence-corrected chi connectivity index (χ0v) is 14.7. The van der Waals surface area contributed by atoms with Crippen LogP contribution in [0, 0.1) is 0 Å². The third-order valence-electron chi connectivity index (χ3n) is 3.42. The molecule has 0 saturated carbocycles. The molecule has 0 aliphatic rings. The van der Waals surface area contributed by atoms with Crippen LogP contribution in [0.4, 0.5) is 5.82 Å². The fourth-order valence-corrected chi connectivity index (χ4v) is 3.09. The van der Waals surface area contributed by atoms with Crippen molar-refractivity contribution in [2.24, 2.45) is 0 Å². The van der Waals surface area contributed by atoms with Crippen LogP contribution in [0.15, 0.2) is 48.7 Å². The van der Waals surface area contributed by atoms with Gasteiger partial charge in [0, 0.05) is 28.5 Å². The van der Waals surface area contributed by atoms with Gasteiger partial charge in [0.15, 0.2) is 0 Å². The summed E-state index contributed by atoms with van der Waals surface area (Å²) >= 11 is 24.7. The molecule has 0 amide bonds. The van der Waals surface area contributed by atoms with E-state index in [1.807, 2.05) is 30.3 Å². The van der Waals surface area contributed by atoms with Crippen molar-refractivity contribution in [2.45, 2.75) is 0 Å². The Morgan fingerprint density at radius 3 is 1.96 bits per heavy atom. The summed E-state index contributed by atoms with van der Waals surface area (Å²) in [5.41, 5.74) is 8.97. The van der Waals surface area contributed by atoms with E-state index in [1.54, 1.807) is 18.3 Å². The van der Waals surface area contributed by atoms with Gasteiger partial charge in [0.2, 0.25) is 0 Å². The van der Waals surface area contributed by atoms with Crippen molar-refractivity contribution < 1.29 is 0 Å². The van der Waals surface area contributed by atoms with Gasteiger partial charge in [-0.05, 0) is 18.2 Å². The van der Waals surface area contributed by atoms with Crippen molar-refractivity contribution in [1.82, 2.24) is 4.98 Å². The first-order chi connectivity index (χ1) is 11.0. The van der Waals surface area contributed by atoms with Gasteiger partial charge in [-0.2, -0.15) is 0 Å². The average molecular weight is 384 g/mol.